The number of imide groups is 1. The molecule has 3 heterocycles. The van der Waals surface area contributed by atoms with Crippen LogP contribution in [0.25, 0.3) is 0 Å². The highest BCUT2D eigenvalue weighted by molar-refractivity contribution is 6.13. The van der Waals surface area contributed by atoms with Crippen LogP contribution in [-0.4, -0.2) is 63.0 Å². The first-order valence-corrected chi connectivity index (χ1v) is 11.4. The Labute approximate surface area is 193 Å². The van der Waals surface area contributed by atoms with Gasteiger partial charge in [-0.3, -0.25) is 24.1 Å². The van der Waals surface area contributed by atoms with Crippen LogP contribution in [0.2, 0.25) is 0 Å². The number of benzene rings is 2. The number of hydrogen-bond donors (Lipinski definition) is 0. The van der Waals surface area contributed by atoms with Crippen molar-refractivity contribution in [3.05, 3.63) is 71.3 Å². The first-order valence-electron chi connectivity index (χ1n) is 11.4. The van der Waals surface area contributed by atoms with Crippen LogP contribution in [0.3, 0.4) is 0 Å². The molecule has 33 heavy (non-hydrogen) atoms. The molecule has 2 aromatic rings. The largest absolute Gasteiger partial charge is 0.339 e. The zero-order chi connectivity index (χ0) is 23.5. The van der Waals surface area contributed by atoms with Gasteiger partial charge in [0.15, 0.2) is 0 Å². The van der Waals surface area contributed by atoms with E-state index in [1.165, 1.54) is 9.80 Å². The van der Waals surface area contributed by atoms with Crippen LogP contribution in [0.5, 0.6) is 0 Å². The fourth-order valence-electron chi connectivity index (χ4n) is 5.84. The van der Waals surface area contributed by atoms with E-state index in [4.69, 9.17) is 0 Å². The predicted molar refractivity (Wildman–Crippen MR) is 121 cm³/mol. The van der Waals surface area contributed by atoms with Crippen molar-refractivity contribution in [1.29, 1.82) is 0 Å². The summed E-state index contributed by atoms with van der Waals surface area (Å²) in [5, 5.41) is 0. The van der Waals surface area contributed by atoms with Crippen LogP contribution in [0.15, 0.2) is 54.6 Å². The number of fused-ring (bicyclic) bond motifs is 5. The van der Waals surface area contributed by atoms with Crippen molar-refractivity contribution in [2.45, 2.75) is 38.9 Å². The normalized spacial score (nSPS) is 28.5. The molecule has 0 aliphatic carbocycles. The number of carbonyl (C=O) groups is 4. The molecule has 7 heteroatoms. The van der Waals surface area contributed by atoms with Gasteiger partial charge in [0.1, 0.15) is 5.54 Å². The fraction of sp³-hybridized carbons (Fsp3) is 0.385. The molecule has 0 saturated carbocycles. The van der Waals surface area contributed by atoms with Crippen molar-refractivity contribution >= 4 is 23.6 Å². The van der Waals surface area contributed by atoms with E-state index in [1.54, 1.807) is 24.0 Å². The molecule has 170 valence electrons. The van der Waals surface area contributed by atoms with Crippen LogP contribution in [-0.2, 0) is 20.9 Å². The molecular formula is C26H27N3O4. The molecule has 0 spiro atoms. The summed E-state index contributed by atoms with van der Waals surface area (Å²) in [6.07, 6.45) is 0. The van der Waals surface area contributed by atoms with Gasteiger partial charge >= 0.3 is 0 Å². The maximum atomic E-state index is 13.7. The topological polar surface area (TPSA) is 78.0 Å². The molecule has 4 atom stereocenters. The number of piperazine rings is 1. The van der Waals surface area contributed by atoms with Crippen LogP contribution in [0.4, 0.5) is 0 Å². The number of aryl methyl sites for hydroxylation is 1. The summed E-state index contributed by atoms with van der Waals surface area (Å²) in [5.74, 6) is -2.84. The van der Waals surface area contributed by atoms with Gasteiger partial charge < -0.3 is 9.80 Å². The first kappa shape index (κ1) is 21.4. The molecule has 3 aliphatic heterocycles. The number of carbonyl (C=O) groups excluding carboxylic acids is 4. The highest BCUT2D eigenvalue weighted by Gasteiger charge is 2.73. The average molecular weight is 446 g/mol. The lowest BCUT2D eigenvalue weighted by molar-refractivity contribution is -0.155. The van der Waals surface area contributed by atoms with Gasteiger partial charge in [-0.1, -0.05) is 48.0 Å². The maximum Gasteiger partial charge on any atom is 0.255 e. The molecule has 3 unspecified atom stereocenters. The summed E-state index contributed by atoms with van der Waals surface area (Å²) in [6, 6.07) is 16.0. The fourth-order valence-corrected chi connectivity index (χ4v) is 5.84. The van der Waals surface area contributed by atoms with E-state index in [-0.39, 0.29) is 36.7 Å². The highest BCUT2D eigenvalue weighted by Crippen LogP contribution is 2.52. The third kappa shape index (κ3) is 2.95. The van der Waals surface area contributed by atoms with Gasteiger partial charge in [-0.15, -0.1) is 0 Å². The molecule has 7 nitrogen and oxygen atoms in total. The minimum Gasteiger partial charge on any atom is -0.339 e. The monoisotopic (exact) mass is 445 g/mol. The lowest BCUT2D eigenvalue weighted by Gasteiger charge is -2.47. The molecule has 0 aromatic heterocycles. The molecule has 2 aromatic carbocycles. The first-order chi connectivity index (χ1) is 15.8. The summed E-state index contributed by atoms with van der Waals surface area (Å²) in [5.41, 5.74) is 0.926. The maximum absolute atomic E-state index is 13.7. The zero-order valence-corrected chi connectivity index (χ0v) is 19.0. The van der Waals surface area contributed by atoms with E-state index in [0.717, 1.165) is 11.1 Å². The highest BCUT2D eigenvalue weighted by atomic mass is 16.2. The second-order valence-electron chi connectivity index (χ2n) is 9.35. The minimum atomic E-state index is -1.40. The van der Waals surface area contributed by atoms with E-state index in [0.29, 0.717) is 12.1 Å². The van der Waals surface area contributed by atoms with Crippen molar-refractivity contribution in [2.24, 2.45) is 11.8 Å². The number of likely N-dealkylation sites (tertiary alicyclic amines) is 2. The molecule has 3 saturated heterocycles. The molecule has 5 rings (SSSR count). The van der Waals surface area contributed by atoms with Crippen LogP contribution in [0, 0.1) is 18.8 Å². The summed E-state index contributed by atoms with van der Waals surface area (Å²) in [4.78, 5) is 59.0. The summed E-state index contributed by atoms with van der Waals surface area (Å²) in [6.45, 7) is 6.37. The Morgan fingerprint density at radius 3 is 2.30 bits per heavy atom. The SMILES string of the molecule is CCN1CC2C3C(=O)N(Cc4ccccc4)C(=O)C3[C@](C)(C1=O)N2C(=O)c1ccc(C)cc1. The minimum absolute atomic E-state index is 0.173. The third-order valence-electron chi connectivity index (χ3n) is 7.50. The quantitative estimate of drug-likeness (QED) is 0.677. The summed E-state index contributed by atoms with van der Waals surface area (Å²) < 4.78 is 0. The van der Waals surface area contributed by atoms with E-state index < -0.39 is 23.4 Å². The Bertz CT molecular complexity index is 1150. The number of rotatable bonds is 4. The van der Waals surface area contributed by atoms with E-state index in [2.05, 4.69) is 0 Å². The Kier molecular flexibility index (Phi) is 4.88. The molecule has 0 radical (unpaired) electrons. The molecule has 3 aliphatic rings. The lowest BCUT2D eigenvalue weighted by atomic mass is 9.81. The Balaban J connectivity index is 1.56. The van der Waals surface area contributed by atoms with E-state index >= 15 is 0 Å². The summed E-state index contributed by atoms with van der Waals surface area (Å²) in [7, 11) is 0. The Hall–Kier alpha value is -3.48. The van der Waals surface area contributed by atoms with Gasteiger partial charge in [-0.25, -0.2) is 0 Å². The molecule has 4 amide bonds. The van der Waals surface area contributed by atoms with Crippen molar-refractivity contribution in [2.75, 3.05) is 13.1 Å². The van der Waals surface area contributed by atoms with Crippen molar-refractivity contribution < 1.29 is 19.2 Å². The van der Waals surface area contributed by atoms with Gasteiger partial charge in [0, 0.05) is 18.7 Å². The van der Waals surface area contributed by atoms with Gasteiger partial charge in [-0.05, 0) is 38.5 Å². The average Bonchev–Trinajstić information content (AvgIpc) is 3.19. The Morgan fingerprint density at radius 1 is 1.00 bits per heavy atom. The van der Waals surface area contributed by atoms with Crippen LogP contribution >= 0.6 is 0 Å². The van der Waals surface area contributed by atoms with Crippen molar-refractivity contribution in [3.63, 3.8) is 0 Å². The Morgan fingerprint density at radius 2 is 1.67 bits per heavy atom. The predicted octanol–water partition coefficient (Wildman–Crippen LogP) is 2.24. The second-order valence-corrected chi connectivity index (χ2v) is 9.35. The zero-order valence-electron chi connectivity index (χ0n) is 19.0. The smallest absolute Gasteiger partial charge is 0.255 e. The van der Waals surface area contributed by atoms with Crippen LogP contribution in [0.1, 0.15) is 35.3 Å². The number of amides is 4. The van der Waals surface area contributed by atoms with Gasteiger partial charge in [0.25, 0.3) is 5.91 Å². The van der Waals surface area contributed by atoms with Crippen molar-refractivity contribution in [1.82, 2.24) is 14.7 Å². The van der Waals surface area contributed by atoms with Crippen molar-refractivity contribution in [3.8, 4) is 0 Å². The number of likely N-dealkylation sites (N-methyl/N-ethyl adjacent to an activating group) is 1. The lowest BCUT2D eigenvalue weighted by Crippen LogP contribution is -2.68. The van der Waals surface area contributed by atoms with Gasteiger partial charge in [-0.2, -0.15) is 0 Å². The van der Waals surface area contributed by atoms with Crippen LogP contribution < -0.4 is 0 Å². The second kappa shape index (κ2) is 7.54. The van der Waals surface area contributed by atoms with E-state index in [1.807, 2.05) is 56.3 Å². The number of nitrogens with zero attached hydrogens (tertiary/aromatic N) is 3. The number of hydrogen-bond acceptors (Lipinski definition) is 4. The van der Waals surface area contributed by atoms with Gasteiger partial charge in [0.05, 0.1) is 24.4 Å². The van der Waals surface area contributed by atoms with E-state index in [9.17, 15) is 19.2 Å². The van der Waals surface area contributed by atoms with Gasteiger partial charge in [0.2, 0.25) is 17.7 Å². The molecular weight excluding hydrogens is 418 g/mol. The summed E-state index contributed by atoms with van der Waals surface area (Å²) >= 11 is 0. The molecule has 3 fully saturated rings. The standard InChI is InChI=1S/C26H27N3O4/c1-4-27-15-19-20-21(24(32)28(23(20)31)14-17-8-6-5-7-9-17)26(3,25(27)33)29(19)22(30)18-12-10-16(2)11-13-18/h5-13,19-21H,4,14-15H2,1-3H3/t19?,20?,21?,26-/m1/s1. The third-order valence-corrected chi connectivity index (χ3v) is 7.50. The molecule has 2 bridgehead atoms. The molecule has 0 N–H and O–H groups in total.